The molecule has 2 atom stereocenters. The van der Waals surface area contributed by atoms with Crippen molar-refractivity contribution in [1.82, 2.24) is 10.2 Å². The van der Waals surface area contributed by atoms with E-state index < -0.39 is 9.84 Å². The lowest BCUT2D eigenvalue weighted by atomic mass is 10.0. The van der Waals surface area contributed by atoms with Gasteiger partial charge in [0.1, 0.15) is 0 Å². The molecule has 3 rings (SSSR count). The SMILES string of the molecule is O=S1(=O)C=CC(N2CCNC(Cc3ccccc3)C2)C1. The summed E-state index contributed by atoms with van der Waals surface area (Å²) in [6.07, 6.45) is 2.82. The molecule has 0 aromatic heterocycles. The van der Waals surface area contributed by atoms with Crippen molar-refractivity contribution in [3.05, 3.63) is 47.4 Å². The highest BCUT2D eigenvalue weighted by Crippen LogP contribution is 2.17. The van der Waals surface area contributed by atoms with Crippen molar-refractivity contribution >= 4 is 9.84 Å². The molecule has 1 N–H and O–H groups in total. The van der Waals surface area contributed by atoms with Gasteiger partial charge in [-0.25, -0.2) is 8.42 Å². The van der Waals surface area contributed by atoms with Gasteiger partial charge in [-0.2, -0.15) is 0 Å². The molecule has 0 aliphatic carbocycles. The van der Waals surface area contributed by atoms with Gasteiger partial charge in [0.25, 0.3) is 0 Å². The predicted molar refractivity (Wildman–Crippen MR) is 80.2 cm³/mol. The minimum absolute atomic E-state index is 0.0559. The molecule has 0 spiro atoms. The van der Waals surface area contributed by atoms with Crippen molar-refractivity contribution in [1.29, 1.82) is 0 Å². The minimum atomic E-state index is -2.96. The third kappa shape index (κ3) is 3.29. The van der Waals surface area contributed by atoms with E-state index in [1.807, 2.05) is 12.1 Å². The lowest BCUT2D eigenvalue weighted by molar-refractivity contribution is 0.177. The minimum Gasteiger partial charge on any atom is -0.311 e. The smallest absolute Gasteiger partial charge is 0.173 e. The van der Waals surface area contributed by atoms with Crippen LogP contribution < -0.4 is 5.32 Å². The van der Waals surface area contributed by atoms with E-state index in [1.54, 1.807) is 0 Å². The monoisotopic (exact) mass is 292 g/mol. The Morgan fingerprint density at radius 3 is 2.75 bits per heavy atom. The fourth-order valence-corrected chi connectivity index (χ4v) is 4.30. The summed E-state index contributed by atoms with van der Waals surface area (Å²) in [7, 11) is -2.96. The van der Waals surface area contributed by atoms with E-state index in [4.69, 9.17) is 0 Å². The van der Waals surface area contributed by atoms with Crippen molar-refractivity contribution in [2.45, 2.75) is 18.5 Å². The van der Waals surface area contributed by atoms with Crippen LogP contribution in [0.4, 0.5) is 0 Å². The van der Waals surface area contributed by atoms with Crippen molar-refractivity contribution in [2.75, 3.05) is 25.4 Å². The van der Waals surface area contributed by atoms with Gasteiger partial charge < -0.3 is 5.32 Å². The number of sulfone groups is 1. The van der Waals surface area contributed by atoms with Crippen molar-refractivity contribution in [2.24, 2.45) is 0 Å². The molecule has 0 amide bonds. The quantitative estimate of drug-likeness (QED) is 0.896. The molecule has 0 radical (unpaired) electrons. The average molecular weight is 292 g/mol. The van der Waals surface area contributed by atoms with Crippen LogP contribution in [0, 0.1) is 0 Å². The Bertz CT molecular complexity index is 583. The van der Waals surface area contributed by atoms with Crippen molar-refractivity contribution in [3.8, 4) is 0 Å². The molecular formula is C15H20N2O2S. The van der Waals surface area contributed by atoms with Crippen LogP contribution in [0.3, 0.4) is 0 Å². The fourth-order valence-electron chi connectivity index (χ4n) is 2.97. The van der Waals surface area contributed by atoms with E-state index in [1.165, 1.54) is 11.0 Å². The summed E-state index contributed by atoms with van der Waals surface area (Å²) >= 11 is 0. The van der Waals surface area contributed by atoms with Crippen LogP contribution in [0.2, 0.25) is 0 Å². The van der Waals surface area contributed by atoms with E-state index in [-0.39, 0.29) is 11.8 Å². The van der Waals surface area contributed by atoms with E-state index in [0.29, 0.717) is 6.04 Å². The molecule has 1 fully saturated rings. The first-order valence-electron chi connectivity index (χ1n) is 7.05. The van der Waals surface area contributed by atoms with Gasteiger partial charge in [-0.1, -0.05) is 36.4 Å². The fraction of sp³-hybridized carbons (Fsp3) is 0.467. The van der Waals surface area contributed by atoms with Gasteiger partial charge >= 0.3 is 0 Å². The second-order valence-corrected chi connectivity index (χ2v) is 7.49. The van der Waals surface area contributed by atoms with Crippen LogP contribution in [0.15, 0.2) is 41.8 Å². The first kappa shape index (κ1) is 13.8. The Morgan fingerprint density at radius 1 is 1.25 bits per heavy atom. The van der Waals surface area contributed by atoms with Gasteiger partial charge in [0.2, 0.25) is 0 Å². The highest BCUT2D eigenvalue weighted by atomic mass is 32.2. The Kier molecular flexibility index (Phi) is 3.92. The van der Waals surface area contributed by atoms with E-state index >= 15 is 0 Å². The molecule has 5 heteroatoms. The molecule has 108 valence electrons. The highest BCUT2D eigenvalue weighted by Gasteiger charge is 2.30. The van der Waals surface area contributed by atoms with Gasteiger partial charge in [0.05, 0.1) is 5.75 Å². The molecule has 4 nitrogen and oxygen atoms in total. The number of hydrogen-bond acceptors (Lipinski definition) is 4. The Morgan fingerprint density at radius 2 is 2.05 bits per heavy atom. The Balaban J connectivity index is 1.61. The van der Waals surface area contributed by atoms with E-state index in [9.17, 15) is 8.42 Å². The molecular weight excluding hydrogens is 272 g/mol. The van der Waals surface area contributed by atoms with E-state index in [2.05, 4.69) is 34.5 Å². The van der Waals surface area contributed by atoms with Gasteiger partial charge in [-0.3, -0.25) is 4.90 Å². The molecule has 2 heterocycles. The summed E-state index contributed by atoms with van der Waals surface area (Å²) in [5.74, 6) is 0.241. The molecule has 0 bridgehead atoms. The van der Waals surface area contributed by atoms with Crippen molar-refractivity contribution in [3.63, 3.8) is 0 Å². The zero-order valence-corrected chi connectivity index (χ0v) is 12.2. The summed E-state index contributed by atoms with van der Waals surface area (Å²) in [6.45, 7) is 2.73. The standard InChI is InChI=1S/C15H20N2O2S/c18-20(19)9-6-15(12-20)17-8-7-16-14(11-17)10-13-4-2-1-3-5-13/h1-6,9,14-16H,7-8,10-12H2. The number of nitrogens with zero attached hydrogens (tertiary/aromatic N) is 1. The average Bonchev–Trinajstić information content (AvgIpc) is 2.81. The normalized spacial score (nSPS) is 29.6. The number of benzene rings is 1. The summed E-state index contributed by atoms with van der Waals surface area (Å²) in [6, 6.07) is 10.9. The molecule has 0 saturated carbocycles. The molecule has 1 saturated heterocycles. The summed E-state index contributed by atoms with van der Waals surface area (Å²) in [4.78, 5) is 2.28. The maximum absolute atomic E-state index is 11.5. The maximum Gasteiger partial charge on any atom is 0.173 e. The molecule has 1 aromatic carbocycles. The van der Waals surface area contributed by atoms with E-state index in [0.717, 1.165) is 26.1 Å². The lowest BCUT2D eigenvalue weighted by Gasteiger charge is -2.36. The van der Waals surface area contributed by atoms with Crippen LogP contribution in [-0.2, 0) is 16.3 Å². The molecule has 2 aliphatic heterocycles. The Hall–Kier alpha value is -1.17. The number of nitrogens with one attached hydrogen (secondary N) is 1. The lowest BCUT2D eigenvalue weighted by Crippen LogP contribution is -2.54. The number of hydrogen-bond donors (Lipinski definition) is 1. The Labute approximate surface area is 120 Å². The van der Waals surface area contributed by atoms with Crippen LogP contribution in [0.1, 0.15) is 5.56 Å². The largest absolute Gasteiger partial charge is 0.311 e. The number of piperazine rings is 1. The van der Waals surface area contributed by atoms with Crippen LogP contribution in [0.5, 0.6) is 0 Å². The molecule has 20 heavy (non-hydrogen) atoms. The van der Waals surface area contributed by atoms with Crippen LogP contribution in [-0.4, -0.2) is 50.8 Å². The molecule has 2 aliphatic rings. The summed E-state index contributed by atoms with van der Waals surface area (Å²) < 4.78 is 23.1. The number of rotatable bonds is 3. The van der Waals surface area contributed by atoms with Gasteiger partial charge in [-0.15, -0.1) is 0 Å². The first-order chi connectivity index (χ1) is 9.62. The maximum atomic E-state index is 11.5. The second-order valence-electron chi connectivity index (χ2n) is 5.56. The van der Waals surface area contributed by atoms with Gasteiger partial charge in [0.15, 0.2) is 9.84 Å². The summed E-state index contributed by atoms with van der Waals surface area (Å²) in [5.41, 5.74) is 1.32. The molecule has 1 aromatic rings. The second kappa shape index (κ2) is 5.68. The van der Waals surface area contributed by atoms with Crippen molar-refractivity contribution < 1.29 is 8.42 Å². The zero-order valence-electron chi connectivity index (χ0n) is 11.4. The molecule has 2 unspecified atom stereocenters. The predicted octanol–water partition coefficient (Wildman–Crippen LogP) is 0.814. The third-order valence-electron chi connectivity index (χ3n) is 3.99. The van der Waals surface area contributed by atoms with Gasteiger partial charge in [0, 0.05) is 37.1 Å². The highest BCUT2D eigenvalue weighted by molar-refractivity contribution is 7.94. The van der Waals surface area contributed by atoms with Crippen LogP contribution >= 0.6 is 0 Å². The topological polar surface area (TPSA) is 49.4 Å². The first-order valence-corrected chi connectivity index (χ1v) is 8.76. The summed E-state index contributed by atoms with van der Waals surface area (Å²) in [5, 5.41) is 4.89. The third-order valence-corrected chi connectivity index (χ3v) is 5.37. The van der Waals surface area contributed by atoms with Gasteiger partial charge in [-0.05, 0) is 12.0 Å². The van der Waals surface area contributed by atoms with Crippen LogP contribution in [0.25, 0.3) is 0 Å². The zero-order chi connectivity index (χ0) is 14.0.